The number of nitrogens with zero attached hydrogens (tertiary/aromatic N) is 3. The Morgan fingerprint density at radius 3 is 2.53 bits per heavy atom. The maximum Gasteiger partial charge on any atom is 0.225 e. The van der Waals surface area contributed by atoms with Gasteiger partial charge in [-0.25, -0.2) is 9.97 Å². The first-order valence-corrected chi connectivity index (χ1v) is 6.16. The lowest BCUT2D eigenvalue weighted by atomic mass is 10.2. The fraction of sp³-hybridized carbons (Fsp3) is 0.667. The number of anilines is 1. The molecule has 1 saturated heterocycles. The lowest BCUT2D eigenvalue weighted by molar-refractivity contribution is 0.269. The van der Waals surface area contributed by atoms with Crippen LogP contribution in [0, 0.1) is 5.92 Å². The van der Waals surface area contributed by atoms with Gasteiger partial charge in [-0.3, -0.25) is 0 Å². The van der Waals surface area contributed by atoms with Crippen LogP contribution >= 0.6 is 0 Å². The van der Waals surface area contributed by atoms with E-state index in [4.69, 9.17) is 4.74 Å². The molecule has 94 valence electrons. The van der Waals surface area contributed by atoms with Crippen molar-refractivity contribution in [1.82, 2.24) is 15.3 Å². The number of ether oxygens (including phenoxy) is 1. The average molecular weight is 236 g/mol. The lowest BCUT2D eigenvalue weighted by Gasteiger charge is -2.27. The van der Waals surface area contributed by atoms with Crippen LogP contribution in [0.5, 0.6) is 5.75 Å². The van der Waals surface area contributed by atoms with Crippen molar-refractivity contribution in [2.75, 3.05) is 37.7 Å². The number of piperazine rings is 1. The van der Waals surface area contributed by atoms with Gasteiger partial charge in [0.15, 0.2) is 5.75 Å². The molecule has 1 aliphatic heterocycles. The van der Waals surface area contributed by atoms with Gasteiger partial charge in [0.25, 0.3) is 0 Å². The van der Waals surface area contributed by atoms with Crippen LogP contribution in [0.25, 0.3) is 0 Å². The van der Waals surface area contributed by atoms with Gasteiger partial charge >= 0.3 is 0 Å². The maximum atomic E-state index is 5.55. The second-order valence-electron chi connectivity index (χ2n) is 4.66. The molecule has 0 saturated carbocycles. The Morgan fingerprint density at radius 2 is 1.94 bits per heavy atom. The summed E-state index contributed by atoms with van der Waals surface area (Å²) >= 11 is 0. The minimum absolute atomic E-state index is 0.517. The third kappa shape index (κ3) is 3.56. The molecule has 1 aromatic rings. The van der Waals surface area contributed by atoms with Crippen molar-refractivity contribution in [3.05, 3.63) is 12.4 Å². The Labute approximate surface area is 102 Å². The first kappa shape index (κ1) is 12.1. The normalized spacial score (nSPS) is 16.3. The van der Waals surface area contributed by atoms with E-state index in [1.807, 2.05) is 0 Å². The third-order valence-electron chi connectivity index (χ3n) is 2.60. The van der Waals surface area contributed by atoms with Crippen molar-refractivity contribution in [3.63, 3.8) is 0 Å². The Kier molecular flexibility index (Phi) is 4.14. The Morgan fingerprint density at radius 1 is 1.29 bits per heavy atom. The number of nitrogens with one attached hydrogen (secondary N) is 1. The Hall–Kier alpha value is -1.36. The molecule has 1 N–H and O–H groups in total. The van der Waals surface area contributed by atoms with E-state index in [1.165, 1.54) is 0 Å². The zero-order valence-electron chi connectivity index (χ0n) is 10.5. The minimum atomic E-state index is 0.517. The molecule has 1 aromatic heterocycles. The van der Waals surface area contributed by atoms with E-state index in [0.29, 0.717) is 12.5 Å². The SMILES string of the molecule is CC(C)COc1cnc(N2CCNCC2)nc1. The van der Waals surface area contributed by atoms with E-state index >= 15 is 0 Å². The van der Waals surface area contributed by atoms with E-state index < -0.39 is 0 Å². The molecule has 0 atom stereocenters. The van der Waals surface area contributed by atoms with Crippen molar-refractivity contribution in [1.29, 1.82) is 0 Å². The second-order valence-corrected chi connectivity index (χ2v) is 4.66. The molecule has 1 fully saturated rings. The number of aromatic nitrogens is 2. The van der Waals surface area contributed by atoms with Gasteiger partial charge in [0.1, 0.15) is 0 Å². The summed E-state index contributed by atoms with van der Waals surface area (Å²) in [6.45, 7) is 8.87. The molecule has 5 heteroatoms. The summed E-state index contributed by atoms with van der Waals surface area (Å²) in [4.78, 5) is 10.9. The summed E-state index contributed by atoms with van der Waals surface area (Å²) in [6.07, 6.45) is 3.51. The van der Waals surface area contributed by atoms with Gasteiger partial charge < -0.3 is 15.0 Å². The number of rotatable bonds is 4. The average Bonchev–Trinajstić information content (AvgIpc) is 2.38. The molecular formula is C12H20N4O. The monoisotopic (exact) mass is 236 g/mol. The highest BCUT2D eigenvalue weighted by Crippen LogP contribution is 2.13. The molecule has 1 aliphatic rings. The van der Waals surface area contributed by atoms with Gasteiger partial charge in [-0.05, 0) is 5.92 Å². The van der Waals surface area contributed by atoms with Gasteiger partial charge in [0.2, 0.25) is 5.95 Å². The van der Waals surface area contributed by atoms with E-state index in [1.54, 1.807) is 12.4 Å². The lowest BCUT2D eigenvalue weighted by Crippen LogP contribution is -2.44. The predicted octanol–water partition coefficient (Wildman–Crippen LogP) is 0.921. The van der Waals surface area contributed by atoms with Crippen LogP contribution in [0.15, 0.2) is 12.4 Å². The molecule has 17 heavy (non-hydrogen) atoms. The third-order valence-corrected chi connectivity index (χ3v) is 2.60. The molecule has 0 amide bonds. The maximum absolute atomic E-state index is 5.55. The second kappa shape index (κ2) is 5.82. The van der Waals surface area contributed by atoms with Crippen molar-refractivity contribution < 1.29 is 4.74 Å². The van der Waals surface area contributed by atoms with Gasteiger partial charge in [-0.2, -0.15) is 0 Å². The first-order chi connectivity index (χ1) is 8.25. The summed E-state index contributed by atoms with van der Waals surface area (Å²) in [6, 6.07) is 0. The molecule has 0 aliphatic carbocycles. The van der Waals surface area contributed by atoms with Crippen molar-refractivity contribution >= 4 is 5.95 Å². The summed E-state index contributed by atoms with van der Waals surface area (Å²) in [7, 11) is 0. The molecule has 0 unspecified atom stereocenters. The largest absolute Gasteiger partial charge is 0.490 e. The van der Waals surface area contributed by atoms with Crippen LogP contribution < -0.4 is 15.0 Å². The van der Waals surface area contributed by atoms with E-state index in [2.05, 4.69) is 34.0 Å². The fourth-order valence-electron chi connectivity index (χ4n) is 1.67. The Bertz CT molecular complexity index is 333. The first-order valence-electron chi connectivity index (χ1n) is 6.16. The number of hydrogen-bond acceptors (Lipinski definition) is 5. The van der Waals surface area contributed by atoms with Gasteiger partial charge in [0.05, 0.1) is 19.0 Å². The predicted molar refractivity (Wildman–Crippen MR) is 67.4 cm³/mol. The molecule has 5 nitrogen and oxygen atoms in total. The topological polar surface area (TPSA) is 50.3 Å². The highest BCUT2D eigenvalue weighted by molar-refractivity contribution is 5.32. The molecule has 0 aromatic carbocycles. The van der Waals surface area contributed by atoms with Gasteiger partial charge in [-0.1, -0.05) is 13.8 Å². The Balaban J connectivity index is 1.92. The summed E-state index contributed by atoms with van der Waals surface area (Å²) in [5, 5.41) is 3.31. The smallest absolute Gasteiger partial charge is 0.225 e. The fourth-order valence-corrected chi connectivity index (χ4v) is 1.67. The van der Waals surface area contributed by atoms with Crippen LogP contribution in [0.2, 0.25) is 0 Å². The zero-order valence-corrected chi connectivity index (χ0v) is 10.5. The van der Waals surface area contributed by atoms with E-state index in [-0.39, 0.29) is 0 Å². The van der Waals surface area contributed by atoms with Crippen molar-refractivity contribution in [3.8, 4) is 5.75 Å². The summed E-state index contributed by atoms with van der Waals surface area (Å²) < 4.78 is 5.55. The van der Waals surface area contributed by atoms with Crippen molar-refractivity contribution in [2.45, 2.75) is 13.8 Å². The quantitative estimate of drug-likeness (QED) is 0.842. The van der Waals surface area contributed by atoms with Crippen LogP contribution in [-0.4, -0.2) is 42.8 Å². The van der Waals surface area contributed by atoms with E-state index in [0.717, 1.165) is 37.9 Å². The van der Waals surface area contributed by atoms with Crippen LogP contribution in [0.3, 0.4) is 0 Å². The zero-order chi connectivity index (χ0) is 12.1. The summed E-state index contributed by atoms with van der Waals surface area (Å²) in [5.41, 5.74) is 0. The van der Waals surface area contributed by atoms with Crippen LogP contribution in [0.1, 0.15) is 13.8 Å². The highest BCUT2D eigenvalue weighted by atomic mass is 16.5. The molecule has 0 bridgehead atoms. The molecule has 2 rings (SSSR count). The van der Waals surface area contributed by atoms with Gasteiger partial charge in [-0.15, -0.1) is 0 Å². The van der Waals surface area contributed by atoms with Gasteiger partial charge in [0, 0.05) is 26.2 Å². The molecule has 0 radical (unpaired) electrons. The highest BCUT2D eigenvalue weighted by Gasteiger charge is 2.12. The number of hydrogen-bond donors (Lipinski definition) is 1. The standard InChI is InChI=1S/C12H20N4O/c1-10(2)9-17-11-7-14-12(15-8-11)16-5-3-13-4-6-16/h7-8,10,13H,3-6,9H2,1-2H3. The van der Waals surface area contributed by atoms with Crippen molar-refractivity contribution in [2.24, 2.45) is 5.92 Å². The van der Waals surface area contributed by atoms with Crippen LogP contribution in [-0.2, 0) is 0 Å². The van der Waals surface area contributed by atoms with E-state index in [9.17, 15) is 0 Å². The molecule has 0 spiro atoms. The molecular weight excluding hydrogens is 216 g/mol. The molecule has 2 heterocycles. The van der Waals surface area contributed by atoms with Crippen LogP contribution in [0.4, 0.5) is 5.95 Å². The summed E-state index contributed by atoms with van der Waals surface area (Å²) in [5.74, 6) is 2.06. The minimum Gasteiger partial charge on any atom is -0.490 e.